The van der Waals surface area contributed by atoms with Gasteiger partial charge < -0.3 is 10.8 Å². The molecular weight excluding hydrogens is 218 g/mol. The summed E-state index contributed by atoms with van der Waals surface area (Å²) in [5.41, 5.74) is 6.26. The van der Waals surface area contributed by atoms with E-state index >= 15 is 0 Å². The van der Waals surface area contributed by atoms with Crippen LogP contribution in [0.25, 0.3) is 0 Å². The number of nitrogens with two attached hydrogens (primary N) is 1. The van der Waals surface area contributed by atoms with E-state index in [1.807, 2.05) is 6.07 Å². The molecule has 0 aliphatic heterocycles. The van der Waals surface area contributed by atoms with E-state index in [4.69, 9.17) is 10.8 Å². The maximum Gasteiger partial charge on any atom is 0.321 e. The summed E-state index contributed by atoms with van der Waals surface area (Å²) in [6.45, 7) is 3.49. The first kappa shape index (κ1) is 13.4. The number of carbonyl (C=O) groups is 2. The van der Waals surface area contributed by atoms with Crippen molar-refractivity contribution in [1.82, 2.24) is 0 Å². The van der Waals surface area contributed by atoms with Crippen molar-refractivity contribution in [2.45, 2.75) is 25.8 Å². The zero-order chi connectivity index (χ0) is 13.0. The number of aliphatic carboxylic acids is 1. The monoisotopic (exact) mass is 235 g/mol. The van der Waals surface area contributed by atoms with Gasteiger partial charge in [0.25, 0.3) is 0 Å². The van der Waals surface area contributed by atoms with E-state index < -0.39 is 17.9 Å². The summed E-state index contributed by atoms with van der Waals surface area (Å²) in [6, 6.07) is 7.61. The molecule has 0 bridgehead atoms. The van der Waals surface area contributed by atoms with E-state index in [1.54, 1.807) is 38.1 Å². The maximum atomic E-state index is 12.0. The van der Waals surface area contributed by atoms with Gasteiger partial charge in [0.15, 0.2) is 0 Å². The number of Topliss-reactive ketones (excluding diaryl/α,β-unsaturated/α-hetero) is 1. The molecule has 0 saturated heterocycles. The third-order valence-corrected chi connectivity index (χ3v) is 2.68. The Morgan fingerprint density at radius 2 is 1.71 bits per heavy atom. The largest absolute Gasteiger partial charge is 0.480 e. The predicted octanol–water partition coefficient (Wildman–Crippen LogP) is 1.41. The molecule has 2 unspecified atom stereocenters. The number of hydrogen-bond acceptors (Lipinski definition) is 3. The van der Waals surface area contributed by atoms with Crippen molar-refractivity contribution >= 4 is 11.8 Å². The summed E-state index contributed by atoms with van der Waals surface area (Å²) < 4.78 is 0. The van der Waals surface area contributed by atoms with Gasteiger partial charge in [-0.05, 0) is 5.56 Å². The number of ketones is 1. The zero-order valence-corrected chi connectivity index (χ0v) is 9.96. The van der Waals surface area contributed by atoms with Gasteiger partial charge in [0, 0.05) is 5.92 Å². The molecule has 0 spiro atoms. The molecule has 0 aliphatic carbocycles. The third kappa shape index (κ3) is 3.14. The van der Waals surface area contributed by atoms with Crippen molar-refractivity contribution in [3.05, 3.63) is 35.9 Å². The number of hydrogen-bond donors (Lipinski definition) is 2. The molecule has 0 heterocycles. The Hall–Kier alpha value is -1.68. The third-order valence-electron chi connectivity index (χ3n) is 2.68. The number of carbonyl (C=O) groups excluding carboxylic acids is 1. The molecule has 0 aromatic heterocycles. The van der Waals surface area contributed by atoms with Crippen LogP contribution < -0.4 is 5.73 Å². The van der Waals surface area contributed by atoms with Crippen LogP contribution in [-0.2, 0) is 9.59 Å². The Balaban J connectivity index is 3.12. The minimum atomic E-state index is -1.20. The summed E-state index contributed by atoms with van der Waals surface area (Å²) >= 11 is 0. The van der Waals surface area contributed by atoms with Gasteiger partial charge in [0.2, 0.25) is 0 Å². The minimum absolute atomic E-state index is 0.147. The van der Waals surface area contributed by atoms with E-state index in [1.165, 1.54) is 0 Å². The molecule has 4 nitrogen and oxygen atoms in total. The van der Waals surface area contributed by atoms with E-state index in [9.17, 15) is 9.59 Å². The number of rotatable bonds is 5. The molecule has 1 rings (SSSR count). The minimum Gasteiger partial charge on any atom is -0.480 e. The first-order valence-corrected chi connectivity index (χ1v) is 5.52. The fraction of sp³-hybridized carbons (Fsp3) is 0.385. The van der Waals surface area contributed by atoms with E-state index in [0.717, 1.165) is 0 Å². The fourth-order valence-corrected chi connectivity index (χ4v) is 1.71. The summed E-state index contributed by atoms with van der Waals surface area (Å²) in [5.74, 6) is -2.33. The second-order valence-corrected chi connectivity index (χ2v) is 4.31. The van der Waals surface area contributed by atoms with Crippen molar-refractivity contribution in [1.29, 1.82) is 0 Å². The van der Waals surface area contributed by atoms with Crippen LogP contribution in [0, 0.1) is 5.92 Å². The van der Waals surface area contributed by atoms with Gasteiger partial charge in [-0.3, -0.25) is 9.59 Å². The first-order valence-electron chi connectivity index (χ1n) is 5.52. The normalized spacial score (nSPS) is 14.4. The smallest absolute Gasteiger partial charge is 0.321 e. The average molecular weight is 235 g/mol. The summed E-state index contributed by atoms with van der Waals surface area (Å²) in [7, 11) is 0. The fourth-order valence-electron chi connectivity index (χ4n) is 1.71. The van der Waals surface area contributed by atoms with Gasteiger partial charge in [-0.1, -0.05) is 44.2 Å². The van der Waals surface area contributed by atoms with Crippen LogP contribution in [0.5, 0.6) is 0 Å². The molecular formula is C13H17NO3. The highest BCUT2D eigenvalue weighted by Crippen LogP contribution is 2.23. The first-order chi connectivity index (χ1) is 7.95. The maximum absolute atomic E-state index is 12.0. The molecule has 17 heavy (non-hydrogen) atoms. The summed E-state index contributed by atoms with van der Waals surface area (Å²) in [6.07, 6.45) is 0. The molecule has 1 aromatic rings. The molecule has 3 N–H and O–H groups in total. The highest BCUT2D eigenvalue weighted by Gasteiger charge is 2.33. The van der Waals surface area contributed by atoms with Gasteiger partial charge in [0.05, 0.1) is 5.92 Å². The number of carboxylic acids is 1. The lowest BCUT2D eigenvalue weighted by molar-refractivity contribution is -0.141. The highest BCUT2D eigenvalue weighted by molar-refractivity contribution is 5.93. The molecule has 92 valence electrons. The number of carboxylic acid groups (broad SMARTS) is 1. The molecule has 0 saturated carbocycles. The van der Waals surface area contributed by atoms with Crippen molar-refractivity contribution in [2.24, 2.45) is 11.7 Å². The van der Waals surface area contributed by atoms with Crippen LogP contribution in [0.2, 0.25) is 0 Å². The van der Waals surface area contributed by atoms with E-state index in [0.29, 0.717) is 5.56 Å². The van der Waals surface area contributed by atoms with Crippen LogP contribution in [0.15, 0.2) is 30.3 Å². The Morgan fingerprint density at radius 1 is 1.18 bits per heavy atom. The van der Waals surface area contributed by atoms with Crippen molar-refractivity contribution < 1.29 is 14.7 Å². The second-order valence-electron chi connectivity index (χ2n) is 4.31. The van der Waals surface area contributed by atoms with Gasteiger partial charge in [0.1, 0.15) is 11.8 Å². The van der Waals surface area contributed by atoms with Crippen LogP contribution in [0.1, 0.15) is 25.3 Å². The number of benzene rings is 1. The molecule has 0 radical (unpaired) electrons. The molecule has 1 aromatic carbocycles. The Labute approximate surface area is 100 Å². The molecule has 4 heteroatoms. The Bertz CT molecular complexity index is 400. The van der Waals surface area contributed by atoms with Crippen molar-refractivity contribution in [2.75, 3.05) is 0 Å². The van der Waals surface area contributed by atoms with Crippen molar-refractivity contribution in [3.63, 3.8) is 0 Å². The lowest BCUT2D eigenvalue weighted by Gasteiger charge is -2.21. The summed E-state index contributed by atoms with van der Waals surface area (Å²) in [5, 5.41) is 8.97. The topological polar surface area (TPSA) is 80.4 Å². The van der Waals surface area contributed by atoms with Gasteiger partial charge in [-0.25, -0.2) is 0 Å². The van der Waals surface area contributed by atoms with Crippen LogP contribution in [-0.4, -0.2) is 22.9 Å². The van der Waals surface area contributed by atoms with Crippen LogP contribution in [0.3, 0.4) is 0 Å². The predicted molar refractivity (Wildman–Crippen MR) is 64.6 cm³/mol. The van der Waals surface area contributed by atoms with Gasteiger partial charge >= 0.3 is 5.97 Å². The molecule has 2 atom stereocenters. The standard InChI is InChI=1S/C13H17NO3/c1-8(2)12(15)10(11(14)13(16)17)9-6-4-3-5-7-9/h3-8,10-11H,14H2,1-2H3,(H,16,17). The van der Waals surface area contributed by atoms with Gasteiger partial charge in [-0.15, -0.1) is 0 Å². The zero-order valence-electron chi connectivity index (χ0n) is 9.96. The van der Waals surface area contributed by atoms with Crippen LogP contribution in [0.4, 0.5) is 0 Å². The SMILES string of the molecule is CC(C)C(=O)C(c1ccccc1)C(N)C(=O)O. The Kier molecular flexibility index (Phi) is 4.40. The molecule has 0 fully saturated rings. The molecule has 0 aliphatic rings. The van der Waals surface area contributed by atoms with Crippen LogP contribution >= 0.6 is 0 Å². The second kappa shape index (κ2) is 5.59. The van der Waals surface area contributed by atoms with Gasteiger partial charge in [-0.2, -0.15) is 0 Å². The quantitative estimate of drug-likeness (QED) is 0.808. The molecule has 0 amide bonds. The highest BCUT2D eigenvalue weighted by atomic mass is 16.4. The van der Waals surface area contributed by atoms with E-state index in [-0.39, 0.29) is 11.7 Å². The average Bonchev–Trinajstić information content (AvgIpc) is 2.30. The lowest BCUT2D eigenvalue weighted by atomic mass is 9.83. The lowest BCUT2D eigenvalue weighted by Crippen LogP contribution is -2.41. The summed E-state index contributed by atoms with van der Waals surface area (Å²) in [4.78, 5) is 23.0. The Morgan fingerprint density at radius 3 is 2.12 bits per heavy atom. The van der Waals surface area contributed by atoms with E-state index in [2.05, 4.69) is 0 Å². The van der Waals surface area contributed by atoms with Crippen molar-refractivity contribution in [3.8, 4) is 0 Å².